The number of aliphatic hydroxyl groups excluding tert-OH is 1. The van der Waals surface area contributed by atoms with Crippen molar-refractivity contribution in [1.29, 1.82) is 0 Å². The summed E-state index contributed by atoms with van der Waals surface area (Å²) in [5.74, 6) is 0. The van der Waals surface area contributed by atoms with Gasteiger partial charge in [0.1, 0.15) is 12.8 Å². The SMILES string of the molecule is COCN[C@@H](O)[C@H](C)NC(=O)OCc1ccccc1. The number of ether oxygens (including phenoxy) is 2. The van der Waals surface area contributed by atoms with Crippen LogP contribution in [0, 0.1) is 0 Å². The highest BCUT2D eigenvalue weighted by atomic mass is 16.5. The largest absolute Gasteiger partial charge is 0.445 e. The molecule has 6 nitrogen and oxygen atoms in total. The van der Waals surface area contributed by atoms with Crippen molar-refractivity contribution < 1.29 is 19.4 Å². The van der Waals surface area contributed by atoms with Gasteiger partial charge in [0, 0.05) is 7.11 Å². The molecular weight excluding hydrogens is 248 g/mol. The molecule has 0 bridgehead atoms. The second kappa shape index (κ2) is 8.47. The third-order valence-electron chi connectivity index (χ3n) is 2.47. The Morgan fingerprint density at radius 3 is 2.68 bits per heavy atom. The van der Waals surface area contributed by atoms with Crippen LogP contribution in [0.1, 0.15) is 12.5 Å². The number of carbonyl (C=O) groups excluding carboxylic acids is 1. The van der Waals surface area contributed by atoms with Crippen LogP contribution in [0.5, 0.6) is 0 Å². The number of benzene rings is 1. The van der Waals surface area contributed by atoms with Crippen molar-refractivity contribution in [2.45, 2.75) is 25.8 Å². The molecule has 0 aliphatic heterocycles. The van der Waals surface area contributed by atoms with Gasteiger partial charge >= 0.3 is 6.09 Å². The molecule has 0 fully saturated rings. The summed E-state index contributed by atoms with van der Waals surface area (Å²) in [5.41, 5.74) is 0.906. The fraction of sp³-hybridized carbons (Fsp3) is 0.462. The molecule has 2 atom stereocenters. The molecule has 0 spiro atoms. The second-order valence-electron chi connectivity index (χ2n) is 4.08. The first-order valence-corrected chi connectivity index (χ1v) is 6.01. The van der Waals surface area contributed by atoms with Gasteiger partial charge < -0.3 is 19.9 Å². The van der Waals surface area contributed by atoms with Crippen LogP contribution < -0.4 is 10.6 Å². The van der Waals surface area contributed by atoms with E-state index in [1.807, 2.05) is 30.3 Å². The molecule has 1 aromatic rings. The van der Waals surface area contributed by atoms with Crippen LogP contribution in [0.2, 0.25) is 0 Å². The summed E-state index contributed by atoms with van der Waals surface area (Å²) in [5, 5.41) is 14.8. The van der Waals surface area contributed by atoms with Gasteiger partial charge in [-0.15, -0.1) is 0 Å². The van der Waals surface area contributed by atoms with Gasteiger partial charge in [-0.3, -0.25) is 5.32 Å². The first-order chi connectivity index (χ1) is 9.13. The van der Waals surface area contributed by atoms with E-state index in [9.17, 15) is 9.90 Å². The second-order valence-corrected chi connectivity index (χ2v) is 4.08. The maximum Gasteiger partial charge on any atom is 0.407 e. The lowest BCUT2D eigenvalue weighted by Gasteiger charge is -2.20. The molecular formula is C13H20N2O4. The first-order valence-electron chi connectivity index (χ1n) is 6.01. The molecule has 19 heavy (non-hydrogen) atoms. The average Bonchev–Trinajstić information content (AvgIpc) is 2.43. The van der Waals surface area contributed by atoms with E-state index >= 15 is 0 Å². The van der Waals surface area contributed by atoms with Gasteiger partial charge in [0.25, 0.3) is 0 Å². The third-order valence-corrected chi connectivity index (χ3v) is 2.47. The predicted molar refractivity (Wildman–Crippen MR) is 70.2 cm³/mol. The summed E-state index contributed by atoms with van der Waals surface area (Å²) in [7, 11) is 1.51. The summed E-state index contributed by atoms with van der Waals surface area (Å²) < 4.78 is 9.79. The Hall–Kier alpha value is -1.63. The first kappa shape index (κ1) is 15.4. The van der Waals surface area contributed by atoms with Crippen LogP contribution in [0.15, 0.2) is 30.3 Å². The minimum atomic E-state index is -0.899. The van der Waals surface area contributed by atoms with E-state index in [4.69, 9.17) is 9.47 Å². The zero-order chi connectivity index (χ0) is 14.1. The van der Waals surface area contributed by atoms with E-state index in [0.717, 1.165) is 5.56 Å². The van der Waals surface area contributed by atoms with Crippen molar-refractivity contribution in [2.24, 2.45) is 0 Å². The highest BCUT2D eigenvalue weighted by Crippen LogP contribution is 2.01. The number of hydrogen-bond donors (Lipinski definition) is 3. The quantitative estimate of drug-likeness (QED) is 0.638. The number of hydrogen-bond acceptors (Lipinski definition) is 5. The third kappa shape index (κ3) is 6.19. The van der Waals surface area contributed by atoms with Gasteiger partial charge in [0.2, 0.25) is 0 Å². The molecule has 0 radical (unpaired) electrons. The Labute approximate surface area is 112 Å². The Balaban J connectivity index is 2.27. The van der Waals surface area contributed by atoms with E-state index in [1.54, 1.807) is 6.92 Å². The summed E-state index contributed by atoms with van der Waals surface area (Å²) in [6, 6.07) is 8.88. The van der Waals surface area contributed by atoms with E-state index in [-0.39, 0.29) is 13.3 Å². The summed E-state index contributed by atoms with van der Waals surface area (Å²) in [4.78, 5) is 11.5. The lowest BCUT2D eigenvalue weighted by molar-refractivity contribution is 0.0501. The molecule has 0 aromatic heterocycles. The molecule has 0 saturated heterocycles. The Kier molecular flexibility index (Phi) is 6.88. The van der Waals surface area contributed by atoms with Crippen LogP contribution in [0.3, 0.4) is 0 Å². The van der Waals surface area contributed by atoms with Crippen molar-refractivity contribution in [3.8, 4) is 0 Å². The van der Waals surface area contributed by atoms with Crippen molar-refractivity contribution in [2.75, 3.05) is 13.8 Å². The number of amides is 1. The minimum Gasteiger partial charge on any atom is -0.445 e. The Bertz CT molecular complexity index is 372. The molecule has 3 N–H and O–H groups in total. The highest BCUT2D eigenvalue weighted by Gasteiger charge is 2.16. The van der Waals surface area contributed by atoms with E-state index in [1.165, 1.54) is 7.11 Å². The van der Waals surface area contributed by atoms with Gasteiger partial charge in [-0.2, -0.15) is 0 Å². The van der Waals surface area contributed by atoms with Gasteiger partial charge in [-0.05, 0) is 12.5 Å². The van der Waals surface area contributed by atoms with E-state index < -0.39 is 18.4 Å². The van der Waals surface area contributed by atoms with Crippen LogP contribution in [-0.4, -0.2) is 37.3 Å². The van der Waals surface area contributed by atoms with Crippen molar-refractivity contribution in [3.05, 3.63) is 35.9 Å². The molecule has 106 valence electrons. The van der Waals surface area contributed by atoms with Gasteiger partial charge in [-0.25, -0.2) is 4.79 Å². The maximum absolute atomic E-state index is 11.5. The zero-order valence-corrected chi connectivity index (χ0v) is 11.1. The average molecular weight is 268 g/mol. The van der Waals surface area contributed by atoms with Gasteiger partial charge in [0.05, 0.1) is 12.8 Å². The van der Waals surface area contributed by atoms with Gasteiger partial charge in [-0.1, -0.05) is 30.3 Å². The van der Waals surface area contributed by atoms with Crippen molar-refractivity contribution >= 4 is 6.09 Å². The molecule has 0 saturated carbocycles. The molecule has 0 aliphatic carbocycles. The van der Waals surface area contributed by atoms with E-state index in [2.05, 4.69) is 10.6 Å². The number of rotatable bonds is 7. The predicted octanol–water partition coefficient (Wildman–Crippen LogP) is 0.813. The normalized spacial score (nSPS) is 13.6. The topological polar surface area (TPSA) is 79.8 Å². The number of alkyl carbamates (subject to hydrolysis) is 1. The maximum atomic E-state index is 11.5. The number of carbonyl (C=O) groups is 1. The molecule has 0 unspecified atom stereocenters. The Morgan fingerprint density at radius 2 is 2.05 bits per heavy atom. The molecule has 1 amide bonds. The summed E-state index contributed by atoms with van der Waals surface area (Å²) in [6.45, 7) is 2.06. The van der Waals surface area contributed by atoms with Crippen molar-refractivity contribution in [1.82, 2.24) is 10.6 Å². The smallest absolute Gasteiger partial charge is 0.407 e. The van der Waals surface area contributed by atoms with Crippen molar-refractivity contribution in [3.63, 3.8) is 0 Å². The van der Waals surface area contributed by atoms with Gasteiger partial charge in [0.15, 0.2) is 0 Å². The minimum absolute atomic E-state index is 0.195. The lowest BCUT2D eigenvalue weighted by atomic mass is 10.2. The molecule has 1 rings (SSSR count). The lowest BCUT2D eigenvalue weighted by Crippen LogP contribution is -2.48. The summed E-state index contributed by atoms with van der Waals surface area (Å²) >= 11 is 0. The Morgan fingerprint density at radius 1 is 1.37 bits per heavy atom. The molecule has 1 aromatic carbocycles. The number of nitrogens with one attached hydrogen (secondary N) is 2. The fourth-order valence-corrected chi connectivity index (χ4v) is 1.38. The number of methoxy groups -OCH3 is 1. The van der Waals surface area contributed by atoms with Crippen LogP contribution in [0.4, 0.5) is 4.79 Å². The molecule has 0 heterocycles. The number of aliphatic hydroxyl groups is 1. The summed E-state index contributed by atoms with van der Waals surface area (Å²) in [6.07, 6.45) is -1.47. The standard InChI is InChI=1S/C13H20N2O4/c1-10(12(16)14-9-18-2)15-13(17)19-8-11-6-4-3-5-7-11/h3-7,10,12,14,16H,8-9H2,1-2H3,(H,15,17)/t10-,12-/m0/s1. The van der Waals surface area contributed by atoms with Crippen LogP contribution in [-0.2, 0) is 16.1 Å². The van der Waals surface area contributed by atoms with Crippen LogP contribution in [0.25, 0.3) is 0 Å². The molecule has 0 aliphatic rings. The zero-order valence-electron chi connectivity index (χ0n) is 11.1. The fourth-order valence-electron chi connectivity index (χ4n) is 1.38. The highest BCUT2D eigenvalue weighted by molar-refractivity contribution is 5.67. The van der Waals surface area contributed by atoms with E-state index in [0.29, 0.717) is 0 Å². The molecule has 6 heteroatoms. The monoisotopic (exact) mass is 268 g/mol. The van der Waals surface area contributed by atoms with Crippen LogP contribution >= 0.6 is 0 Å².